The summed E-state index contributed by atoms with van der Waals surface area (Å²) in [7, 11) is 2.02. The van der Waals surface area contributed by atoms with Gasteiger partial charge in [0.15, 0.2) is 11.6 Å². The molecule has 7 nitrogen and oxygen atoms in total. The minimum atomic E-state index is -1.32. The molecule has 1 atom stereocenters. The summed E-state index contributed by atoms with van der Waals surface area (Å²) in [6, 6.07) is 0.994. The number of piperazine rings is 1. The van der Waals surface area contributed by atoms with E-state index in [-0.39, 0.29) is 53.2 Å². The number of rotatable bonds is 2. The second-order valence-corrected chi connectivity index (χ2v) is 6.97. The molecule has 1 fully saturated rings. The number of likely N-dealkylation sites (N-methyl/N-ethyl adjacent to an activating group) is 1. The number of pyridine rings is 1. The van der Waals surface area contributed by atoms with Gasteiger partial charge in [0, 0.05) is 32.4 Å². The van der Waals surface area contributed by atoms with Crippen molar-refractivity contribution in [3.05, 3.63) is 33.9 Å². The van der Waals surface area contributed by atoms with Gasteiger partial charge in [0.1, 0.15) is 17.9 Å². The zero-order valence-electron chi connectivity index (χ0n) is 14.7. The number of nitrogens with zero attached hydrogens (tertiary/aromatic N) is 3. The fourth-order valence-electron chi connectivity index (χ4n) is 3.69. The van der Waals surface area contributed by atoms with Gasteiger partial charge < -0.3 is 24.2 Å². The molecule has 4 rings (SSSR count). The van der Waals surface area contributed by atoms with Gasteiger partial charge in [-0.3, -0.25) is 4.79 Å². The van der Waals surface area contributed by atoms with E-state index in [4.69, 9.17) is 4.74 Å². The average Bonchev–Trinajstić information content (AvgIpc) is 2.60. The molecule has 0 bridgehead atoms. The molecule has 1 N–H and O–H groups in total. The van der Waals surface area contributed by atoms with E-state index in [0.717, 1.165) is 19.2 Å². The third kappa shape index (κ3) is 3.24. The van der Waals surface area contributed by atoms with Gasteiger partial charge in [-0.1, -0.05) is 0 Å². The summed E-state index contributed by atoms with van der Waals surface area (Å²) >= 11 is 0. The maximum atomic E-state index is 15.0. The molecule has 2 aliphatic heterocycles. The number of hydrogen-bond donors (Lipinski definition) is 1. The number of aromatic nitrogens is 1. The number of carbonyl (C=O) groups is 1. The van der Waals surface area contributed by atoms with Gasteiger partial charge in [-0.2, -0.15) is 0 Å². The standard InChI is InChI=1S/C18H20FN3O4.Na.H/c1-10-9-26-17-14-11(16(23)12(18(24)25)8-22(10)14)7-13(19)15(17)21-5-3-20(2)4-6-21;;/h7-8,10H,3-6,9H2,1-2H3,(H,24,25);;. The molecule has 0 aliphatic carbocycles. The zero-order valence-corrected chi connectivity index (χ0v) is 14.7. The van der Waals surface area contributed by atoms with Gasteiger partial charge in [-0.15, -0.1) is 0 Å². The number of halogens is 1. The van der Waals surface area contributed by atoms with Crippen LogP contribution in [-0.2, 0) is 0 Å². The first-order valence-corrected chi connectivity index (χ1v) is 8.59. The van der Waals surface area contributed by atoms with Crippen molar-refractivity contribution >= 4 is 52.1 Å². The number of carboxylic acid groups (broad SMARTS) is 1. The quantitative estimate of drug-likeness (QED) is 0.775. The van der Waals surface area contributed by atoms with Crippen molar-refractivity contribution in [2.75, 3.05) is 44.7 Å². The summed E-state index contributed by atoms with van der Waals surface area (Å²) in [6.07, 6.45) is 1.34. The molecule has 0 radical (unpaired) electrons. The fraction of sp³-hybridized carbons (Fsp3) is 0.444. The Labute approximate surface area is 177 Å². The molecule has 0 saturated carbocycles. The Morgan fingerprint density at radius 1 is 1.30 bits per heavy atom. The van der Waals surface area contributed by atoms with Crippen LogP contribution in [0, 0.1) is 5.82 Å². The average molecular weight is 385 g/mol. The van der Waals surface area contributed by atoms with Crippen LogP contribution in [0.5, 0.6) is 5.75 Å². The molecule has 2 aromatic rings. The van der Waals surface area contributed by atoms with Crippen LogP contribution >= 0.6 is 0 Å². The van der Waals surface area contributed by atoms with Gasteiger partial charge >= 0.3 is 35.5 Å². The number of benzene rings is 1. The van der Waals surface area contributed by atoms with E-state index >= 15 is 0 Å². The van der Waals surface area contributed by atoms with E-state index in [1.165, 1.54) is 6.20 Å². The van der Waals surface area contributed by atoms with Crippen LogP contribution in [0.2, 0.25) is 0 Å². The van der Waals surface area contributed by atoms with Gasteiger partial charge in [-0.25, -0.2) is 9.18 Å². The predicted molar refractivity (Wildman–Crippen MR) is 102 cm³/mol. The molecular weight excluding hydrogens is 364 g/mol. The van der Waals surface area contributed by atoms with Crippen LogP contribution in [0.3, 0.4) is 0 Å². The van der Waals surface area contributed by atoms with Crippen LogP contribution in [-0.4, -0.2) is 89.9 Å². The number of ether oxygens (including phenoxy) is 1. The molecule has 0 amide bonds. The summed E-state index contributed by atoms with van der Waals surface area (Å²) < 4.78 is 22.6. The SMILES string of the molecule is CC1COc2c(N3CCN(C)CC3)c(F)cc3c(=O)c(C(=O)O)cn1c23.[NaH]. The predicted octanol–water partition coefficient (Wildman–Crippen LogP) is 0.895. The number of aromatic carboxylic acids is 1. The topological polar surface area (TPSA) is 75.0 Å². The van der Waals surface area contributed by atoms with Crippen molar-refractivity contribution in [3.8, 4) is 5.75 Å². The van der Waals surface area contributed by atoms with Crippen LogP contribution in [0.15, 0.2) is 17.1 Å². The fourth-order valence-corrected chi connectivity index (χ4v) is 3.69. The van der Waals surface area contributed by atoms with E-state index in [2.05, 4.69) is 4.90 Å². The van der Waals surface area contributed by atoms with Crippen molar-refractivity contribution < 1.29 is 19.0 Å². The second kappa shape index (κ2) is 7.43. The number of carboxylic acids is 1. The van der Waals surface area contributed by atoms with Crippen molar-refractivity contribution in [3.63, 3.8) is 0 Å². The molecule has 3 heterocycles. The Balaban J connectivity index is 0.00000210. The molecular formula is C18H21FN3NaO4. The molecule has 1 aromatic carbocycles. The third-order valence-electron chi connectivity index (χ3n) is 5.19. The number of anilines is 1. The summed E-state index contributed by atoms with van der Waals surface area (Å²) in [5.41, 5.74) is -0.224. The normalized spacial score (nSPS) is 19.5. The second-order valence-electron chi connectivity index (χ2n) is 6.97. The van der Waals surface area contributed by atoms with Crippen molar-refractivity contribution in [1.29, 1.82) is 0 Å². The van der Waals surface area contributed by atoms with Crippen molar-refractivity contribution in [2.45, 2.75) is 13.0 Å². The third-order valence-corrected chi connectivity index (χ3v) is 5.19. The van der Waals surface area contributed by atoms with Crippen LogP contribution < -0.4 is 15.1 Å². The van der Waals surface area contributed by atoms with E-state index < -0.39 is 17.2 Å². The molecule has 2 aliphatic rings. The molecule has 1 saturated heterocycles. The Hall–Kier alpha value is -1.61. The van der Waals surface area contributed by atoms with Gasteiger partial charge in [0.05, 0.1) is 16.9 Å². The molecule has 1 aromatic heterocycles. The molecule has 27 heavy (non-hydrogen) atoms. The monoisotopic (exact) mass is 385 g/mol. The van der Waals surface area contributed by atoms with E-state index in [1.54, 1.807) is 4.57 Å². The Kier molecular flexibility index (Phi) is 5.54. The van der Waals surface area contributed by atoms with E-state index in [0.29, 0.717) is 30.0 Å². The van der Waals surface area contributed by atoms with Crippen LogP contribution in [0.1, 0.15) is 23.3 Å². The Bertz CT molecular complexity index is 969. The molecule has 0 spiro atoms. The Morgan fingerprint density at radius 3 is 2.59 bits per heavy atom. The molecule has 9 heteroatoms. The first kappa shape index (κ1) is 20.1. The van der Waals surface area contributed by atoms with Crippen molar-refractivity contribution in [2.24, 2.45) is 0 Å². The number of hydrogen-bond acceptors (Lipinski definition) is 5. The molecule has 1 unspecified atom stereocenters. The minimum absolute atomic E-state index is 0. The van der Waals surface area contributed by atoms with Gasteiger partial charge in [-0.05, 0) is 20.0 Å². The maximum absolute atomic E-state index is 15.0. The van der Waals surface area contributed by atoms with E-state index in [1.807, 2.05) is 18.9 Å². The van der Waals surface area contributed by atoms with Crippen LogP contribution in [0.4, 0.5) is 10.1 Å². The summed E-state index contributed by atoms with van der Waals surface area (Å²) in [6.45, 7) is 5.08. The van der Waals surface area contributed by atoms with Crippen molar-refractivity contribution in [1.82, 2.24) is 9.47 Å². The van der Waals surface area contributed by atoms with Gasteiger partial charge in [0.25, 0.3) is 0 Å². The summed E-state index contributed by atoms with van der Waals surface area (Å²) in [4.78, 5) is 28.1. The van der Waals surface area contributed by atoms with E-state index in [9.17, 15) is 19.1 Å². The van der Waals surface area contributed by atoms with Crippen LogP contribution in [0.25, 0.3) is 10.9 Å². The summed E-state index contributed by atoms with van der Waals surface area (Å²) in [5, 5.41) is 9.36. The zero-order chi connectivity index (χ0) is 18.6. The molecule has 140 valence electrons. The first-order chi connectivity index (χ1) is 12.4. The first-order valence-electron chi connectivity index (χ1n) is 8.59. The summed E-state index contributed by atoms with van der Waals surface area (Å²) in [5.74, 6) is -1.54. The Morgan fingerprint density at radius 2 is 1.96 bits per heavy atom. The van der Waals surface area contributed by atoms with Gasteiger partial charge in [0.2, 0.25) is 5.43 Å².